The van der Waals surface area contributed by atoms with Gasteiger partial charge in [-0.3, -0.25) is 10.2 Å². The molecule has 0 saturated carbocycles. The van der Waals surface area contributed by atoms with Gasteiger partial charge in [-0.2, -0.15) is 0 Å². The molecule has 1 amide bonds. The standard InChI is InChI=1S/C12H18N2O2/c1-3-16-8-10-4-6-11(7-5-10)9(2)12(15)14-13/h4-7,9H,3,8,13H2,1-2H3,(H,14,15). The third kappa shape index (κ3) is 3.32. The Morgan fingerprint density at radius 1 is 1.44 bits per heavy atom. The number of hydrazine groups is 1. The van der Waals surface area contributed by atoms with Gasteiger partial charge in [0, 0.05) is 6.61 Å². The van der Waals surface area contributed by atoms with E-state index in [9.17, 15) is 4.79 Å². The van der Waals surface area contributed by atoms with Crippen molar-refractivity contribution >= 4 is 5.91 Å². The summed E-state index contributed by atoms with van der Waals surface area (Å²) in [6.45, 7) is 5.09. The first-order valence-corrected chi connectivity index (χ1v) is 5.36. The number of benzene rings is 1. The largest absolute Gasteiger partial charge is 0.377 e. The van der Waals surface area contributed by atoms with Gasteiger partial charge in [-0.1, -0.05) is 24.3 Å². The average Bonchev–Trinajstić information content (AvgIpc) is 2.35. The molecule has 1 unspecified atom stereocenters. The van der Waals surface area contributed by atoms with Crippen molar-refractivity contribution in [2.75, 3.05) is 6.61 Å². The molecule has 4 nitrogen and oxygen atoms in total. The molecule has 1 rings (SSSR count). The minimum absolute atomic E-state index is 0.183. The number of nitrogens with one attached hydrogen (secondary N) is 1. The van der Waals surface area contributed by atoms with Gasteiger partial charge in [-0.15, -0.1) is 0 Å². The molecule has 3 N–H and O–H groups in total. The van der Waals surface area contributed by atoms with Gasteiger partial charge in [0.05, 0.1) is 12.5 Å². The Hall–Kier alpha value is -1.39. The number of nitrogens with two attached hydrogens (primary N) is 1. The lowest BCUT2D eigenvalue weighted by Crippen LogP contribution is -2.33. The minimum Gasteiger partial charge on any atom is -0.377 e. The van der Waals surface area contributed by atoms with Crippen LogP contribution in [0, 0.1) is 0 Å². The van der Waals surface area contributed by atoms with Gasteiger partial charge in [0.15, 0.2) is 0 Å². The highest BCUT2D eigenvalue weighted by Gasteiger charge is 2.13. The molecule has 0 aliphatic heterocycles. The molecule has 0 aliphatic carbocycles. The summed E-state index contributed by atoms with van der Waals surface area (Å²) in [6, 6.07) is 7.78. The van der Waals surface area contributed by atoms with Gasteiger partial charge < -0.3 is 4.74 Å². The van der Waals surface area contributed by atoms with Gasteiger partial charge in [-0.05, 0) is 25.0 Å². The first kappa shape index (κ1) is 12.7. The van der Waals surface area contributed by atoms with Crippen molar-refractivity contribution in [2.24, 2.45) is 5.84 Å². The van der Waals surface area contributed by atoms with E-state index in [0.29, 0.717) is 13.2 Å². The van der Waals surface area contributed by atoms with Gasteiger partial charge in [0.25, 0.3) is 0 Å². The second-order valence-electron chi connectivity index (χ2n) is 3.61. The third-order valence-electron chi connectivity index (χ3n) is 2.49. The first-order valence-electron chi connectivity index (χ1n) is 5.36. The number of amides is 1. The average molecular weight is 222 g/mol. The summed E-state index contributed by atoms with van der Waals surface area (Å²) < 4.78 is 5.29. The Kier molecular flexibility index (Phi) is 4.95. The van der Waals surface area contributed by atoms with Gasteiger partial charge in [-0.25, -0.2) is 5.84 Å². The fourth-order valence-electron chi connectivity index (χ4n) is 1.40. The maximum atomic E-state index is 11.3. The monoisotopic (exact) mass is 222 g/mol. The molecule has 88 valence electrons. The van der Waals surface area contributed by atoms with E-state index in [-0.39, 0.29) is 11.8 Å². The summed E-state index contributed by atoms with van der Waals surface area (Å²) in [5, 5.41) is 0. The molecule has 0 fully saturated rings. The number of hydrogen-bond acceptors (Lipinski definition) is 3. The quantitative estimate of drug-likeness (QED) is 0.448. The molecule has 0 radical (unpaired) electrons. The molecule has 0 spiro atoms. The van der Waals surface area contributed by atoms with E-state index in [1.54, 1.807) is 0 Å². The van der Waals surface area contributed by atoms with Gasteiger partial charge in [0.1, 0.15) is 0 Å². The minimum atomic E-state index is -0.230. The molecular formula is C12H18N2O2. The highest BCUT2D eigenvalue weighted by Crippen LogP contribution is 2.16. The number of hydrogen-bond donors (Lipinski definition) is 2. The molecule has 0 aromatic heterocycles. The highest BCUT2D eigenvalue weighted by molar-refractivity contribution is 5.82. The lowest BCUT2D eigenvalue weighted by Gasteiger charge is -2.10. The summed E-state index contributed by atoms with van der Waals surface area (Å²) >= 11 is 0. The van der Waals surface area contributed by atoms with E-state index < -0.39 is 0 Å². The third-order valence-corrected chi connectivity index (χ3v) is 2.49. The first-order chi connectivity index (χ1) is 7.69. The summed E-state index contributed by atoms with van der Waals surface area (Å²) in [4.78, 5) is 11.3. The van der Waals surface area contributed by atoms with Crippen LogP contribution in [0.25, 0.3) is 0 Å². The smallest absolute Gasteiger partial charge is 0.241 e. The van der Waals surface area contributed by atoms with Crippen molar-refractivity contribution in [1.82, 2.24) is 5.43 Å². The van der Waals surface area contributed by atoms with E-state index in [4.69, 9.17) is 10.6 Å². The van der Waals surface area contributed by atoms with Crippen LogP contribution in [0.3, 0.4) is 0 Å². The van der Waals surface area contributed by atoms with Gasteiger partial charge in [0.2, 0.25) is 5.91 Å². The number of carbonyl (C=O) groups is 1. The Morgan fingerprint density at radius 3 is 2.56 bits per heavy atom. The van der Waals surface area contributed by atoms with Crippen molar-refractivity contribution in [3.8, 4) is 0 Å². The van der Waals surface area contributed by atoms with Crippen LogP contribution >= 0.6 is 0 Å². The van der Waals surface area contributed by atoms with Crippen LogP contribution in [-0.4, -0.2) is 12.5 Å². The molecule has 1 atom stereocenters. The molecular weight excluding hydrogens is 204 g/mol. The normalized spacial score (nSPS) is 12.2. The summed E-state index contributed by atoms with van der Waals surface area (Å²) in [7, 11) is 0. The molecule has 4 heteroatoms. The highest BCUT2D eigenvalue weighted by atomic mass is 16.5. The summed E-state index contributed by atoms with van der Waals surface area (Å²) in [5.74, 6) is 4.67. The molecule has 1 aromatic rings. The maximum absolute atomic E-state index is 11.3. The zero-order chi connectivity index (χ0) is 12.0. The van der Waals surface area contributed by atoms with E-state index in [2.05, 4.69) is 5.43 Å². The Labute approximate surface area is 95.8 Å². The topological polar surface area (TPSA) is 64.3 Å². The molecule has 0 saturated heterocycles. The van der Waals surface area contributed by atoms with Crippen molar-refractivity contribution < 1.29 is 9.53 Å². The molecule has 0 bridgehead atoms. The zero-order valence-electron chi connectivity index (χ0n) is 9.69. The zero-order valence-corrected chi connectivity index (χ0v) is 9.69. The summed E-state index contributed by atoms with van der Waals surface area (Å²) in [5.41, 5.74) is 4.20. The molecule has 0 heterocycles. The fourth-order valence-corrected chi connectivity index (χ4v) is 1.40. The van der Waals surface area contributed by atoms with Crippen LogP contribution in [0.2, 0.25) is 0 Å². The van der Waals surface area contributed by atoms with Gasteiger partial charge >= 0.3 is 0 Å². The van der Waals surface area contributed by atoms with Crippen molar-refractivity contribution in [1.29, 1.82) is 0 Å². The Balaban J connectivity index is 2.67. The van der Waals surface area contributed by atoms with Crippen molar-refractivity contribution in [3.63, 3.8) is 0 Å². The van der Waals surface area contributed by atoms with E-state index in [0.717, 1.165) is 11.1 Å². The summed E-state index contributed by atoms with van der Waals surface area (Å²) in [6.07, 6.45) is 0. The van der Waals surface area contributed by atoms with Crippen LogP contribution < -0.4 is 11.3 Å². The van der Waals surface area contributed by atoms with Crippen molar-refractivity contribution in [2.45, 2.75) is 26.4 Å². The van der Waals surface area contributed by atoms with Crippen LogP contribution in [0.15, 0.2) is 24.3 Å². The second-order valence-corrected chi connectivity index (χ2v) is 3.61. The number of ether oxygens (including phenoxy) is 1. The lowest BCUT2D eigenvalue weighted by atomic mass is 9.99. The number of carbonyl (C=O) groups excluding carboxylic acids is 1. The number of rotatable bonds is 5. The molecule has 1 aromatic carbocycles. The SMILES string of the molecule is CCOCc1ccc(C(C)C(=O)NN)cc1. The molecule has 0 aliphatic rings. The van der Waals surface area contributed by atoms with E-state index >= 15 is 0 Å². The predicted octanol–water partition coefficient (Wildman–Crippen LogP) is 1.32. The Bertz CT molecular complexity index is 335. The van der Waals surface area contributed by atoms with Crippen LogP contribution in [0.1, 0.15) is 30.9 Å². The van der Waals surface area contributed by atoms with E-state index in [1.165, 1.54) is 0 Å². The van der Waals surface area contributed by atoms with Crippen LogP contribution in [0.4, 0.5) is 0 Å². The van der Waals surface area contributed by atoms with Crippen molar-refractivity contribution in [3.05, 3.63) is 35.4 Å². The Morgan fingerprint density at radius 2 is 2.06 bits per heavy atom. The lowest BCUT2D eigenvalue weighted by molar-refractivity contribution is -0.122. The molecule has 16 heavy (non-hydrogen) atoms. The maximum Gasteiger partial charge on any atom is 0.241 e. The van der Waals surface area contributed by atoms with E-state index in [1.807, 2.05) is 38.1 Å². The van der Waals surface area contributed by atoms with Crippen LogP contribution in [-0.2, 0) is 16.1 Å². The predicted molar refractivity (Wildman–Crippen MR) is 62.5 cm³/mol. The van der Waals surface area contributed by atoms with Crippen LogP contribution in [0.5, 0.6) is 0 Å². The fraction of sp³-hybridized carbons (Fsp3) is 0.417. The second kappa shape index (κ2) is 6.25.